The fraction of sp³-hybridized carbons (Fsp3) is 0.458. The molecule has 4 rings (SSSR count). The fourth-order valence-corrected chi connectivity index (χ4v) is 4.52. The molecule has 6 heteroatoms. The molecule has 2 aromatic carbocycles. The summed E-state index contributed by atoms with van der Waals surface area (Å²) in [6, 6.07) is 14.7. The van der Waals surface area contributed by atoms with Crippen molar-refractivity contribution in [3.8, 4) is 0 Å². The SMILES string of the molecule is O=C(c1cc(Cl)ccc1F)N1CCC(OC2CCN(Cc3ccccc3)CC2)CC1. The van der Waals surface area contributed by atoms with Crippen LogP contribution in [0, 0.1) is 5.82 Å². The first-order chi connectivity index (χ1) is 14.6. The van der Waals surface area contributed by atoms with E-state index < -0.39 is 5.82 Å². The van der Waals surface area contributed by atoms with Crippen LogP contribution in [0.3, 0.4) is 0 Å². The molecule has 2 aliphatic heterocycles. The molecule has 160 valence electrons. The molecule has 2 fully saturated rings. The number of carbonyl (C=O) groups is 1. The number of piperidine rings is 2. The van der Waals surface area contributed by atoms with Gasteiger partial charge in [0.15, 0.2) is 0 Å². The molecule has 2 aliphatic rings. The summed E-state index contributed by atoms with van der Waals surface area (Å²) >= 11 is 5.93. The number of rotatable bonds is 5. The van der Waals surface area contributed by atoms with Crippen LogP contribution in [0.5, 0.6) is 0 Å². The monoisotopic (exact) mass is 430 g/mol. The lowest BCUT2D eigenvalue weighted by atomic mass is 10.0. The zero-order chi connectivity index (χ0) is 20.9. The highest BCUT2D eigenvalue weighted by Crippen LogP contribution is 2.24. The second-order valence-corrected chi connectivity index (χ2v) is 8.65. The molecule has 2 heterocycles. The lowest BCUT2D eigenvalue weighted by Crippen LogP contribution is -2.43. The van der Waals surface area contributed by atoms with Crippen LogP contribution in [0.2, 0.25) is 5.02 Å². The van der Waals surface area contributed by atoms with Crippen LogP contribution < -0.4 is 0 Å². The third-order valence-electron chi connectivity index (χ3n) is 6.06. The van der Waals surface area contributed by atoms with Crippen molar-refractivity contribution in [1.82, 2.24) is 9.80 Å². The van der Waals surface area contributed by atoms with Crippen molar-refractivity contribution in [1.29, 1.82) is 0 Å². The van der Waals surface area contributed by atoms with Gasteiger partial charge in [0.25, 0.3) is 5.91 Å². The van der Waals surface area contributed by atoms with Crippen molar-refractivity contribution in [3.63, 3.8) is 0 Å². The van der Waals surface area contributed by atoms with Gasteiger partial charge in [-0.25, -0.2) is 4.39 Å². The number of nitrogens with zero attached hydrogens (tertiary/aromatic N) is 2. The molecule has 0 aliphatic carbocycles. The third-order valence-corrected chi connectivity index (χ3v) is 6.29. The summed E-state index contributed by atoms with van der Waals surface area (Å²) in [6.07, 6.45) is 4.12. The van der Waals surface area contributed by atoms with Gasteiger partial charge in [0, 0.05) is 37.7 Å². The molecule has 0 radical (unpaired) electrons. The number of hydrogen-bond donors (Lipinski definition) is 0. The largest absolute Gasteiger partial charge is 0.375 e. The first kappa shape index (κ1) is 21.3. The van der Waals surface area contributed by atoms with E-state index in [4.69, 9.17) is 16.3 Å². The number of ether oxygens (including phenoxy) is 1. The Labute approximate surface area is 182 Å². The van der Waals surface area contributed by atoms with Crippen molar-refractivity contribution >= 4 is 17.5 Å². The predicted molar refractivity (Wildman–Crippen MR) is 116 cm³/mol. The van der Waals surface area contributed by atoms with E-state index in [1.165, 1.54) is 23.8 Å². The normalized spacial score (nSPS) is 19.2. The Morgan fingerprint density at radius 2 is 1.60 bits per heavy atom. The van der Waals surface area contributed by atoms with Crippen molar-refractivity contribution in [2.75, 3.05) is 26.2 Å². The van der Waals surface area contributed by atoms with Crippen LogP contribution in [-0.4, -0.2) is 54.1 Å². The molecule has 2 saturated heterocycles. The van der Waals surface area contributed by atoms with Gasteiger partial charge in [-0.1, -0.05) is 41.9 Å². The van der Waals surface area contributed by atoms with Crippen LogP contribution >= 0.6 is 11.6 Å². The smallest absolute Gasteiger partial charge is 0.256 e. The Hall–Kier alpha value is -1.95. The molecule has 0 unspecified atom stereocenters. The molecular weight excluding hydrogens is 403 g/mol. The first-order valence-corrected chi connectivity index (χ1v) is 11.1. The molecule has 0 atom stereocenters. The minimum atomic E-state index is -0.523. The predicted octanol–water partition coefficient (Wildman–Crippen LogP) is 4.76. The average Bonchev–Trinajstić information content (AvgIpc) is 2.77. The number of carbonyl (C=O) groups excluding carboxylic acids is 1. The molecule has 0 spiro atoms. The standard InChI is InChI=1S/C24H28ClFN2O2/c25-19-6-7-23(26)22(16-19)24(29)28-14-10-21(11-15-28)30-20-8-12-27(13-9-20)17-18-4-2-1-3-5-18/h1-7,16,20-21H,8-15,17H2. The molecule has 2 aromatic rings. The van der Waals surface area contributed by atoms with E-state index in [9.17, 15) is 9.18 Å². The van der Waals surface area contributed by atoms with Crippen molar-refractivity contribution < 1.29 is 13.9 Å². The minimum Gasteiger partial charge on any atom is -0.375 e. The fourth-order valence-electron chi connectivity index (χ4n) is 4.34. The highest BCUT2D eigenvalue weighted by molar-refractivity contribution is 6.31. The second-order valence-electron chi connectivity index (χ2n) is 8.21. The lowest BCUT2D eigenvalue weighted by Gasteiger charge is -2.37. The Morgan fingerprint density at radius 3 is 2.27 bits per heavy atom. The summed E-state index contributed by atoms with van der Waals surface area (Å²) in [6.45, 7) is 4.26. The van der Waals surface area contributed by atoms with Crippen LogP contribution in [0.1, 0.15) is 41.6 Å². The molecule has 0 aromatic heterocycles. The van der Waals surface area contributed by atoms with Crippen molar-refractivity contribution in [2.45, 2.75) is 44.4 Å². The molecule has 4 nitrogen and oxygen atoms in total. The summed E-state index contributed by atoms with van der Waals surface area (Å²) in [5.41, 5.74) is 1.40. The van der Waals surface area contributed by atoms with E-state index >= 15 is 0 Å². The number of likely N-dealkylation sites (tertiary alicyclic amines) is 2. The van der Waals surface area contributed by atoms with Gasteiger partial charge in [0.2, 0.25) is 0 Å². The Kier molecular flexibility index (Phi) is 7.03. The molecule has 1 amide bonds. The summed E-state index contributed by atoms with van der Waals surface area (Å²) in [5.74, 6) is -0.812. The molecule has 0 saturated carbocycles. The van der Waals surface area contributed by atoms with E-state index in [2.05, 4.69) is 29.2 Å². The van der Waals surface area contributed by atoms with Crippen molar-refractivity contribution in [3.05, 3.63) is 70.5 Å². The van der Waals surface area contributed by atoms with E-state index in [1.54, 1.807) is 4.90 Å². The molecule has 0 N–H and O–H groups in total. The third kappa shape index (κ3) is 5.39. The van der Waals surface area contributed by atoms with Crippen LogP contribution in [0.15, 0.2) is 48.5 Å². The number of amides is 1. The summed E-state index contributed by atoms with van der Waals surface area (Å²) in [5, 5.41) is 0.372. The quantitative estimate of drug-likeness (QED) is 0.685. The van der Waals surface area contributed by atoms with Gasteiger partial charge >= 0.3 is 0 Å². The Balaban J connectivity index is 1.21. The number of halogens is 2. The van der Waals surface area contributed by atoms with Gasteiger partial charge in [-0.15, -0.1) is 0 Å². The van der Waals surface area contributed by atoms with Gasteiger partial charge in [-0.3, -0.25) is 9.69 Å². The summed E-state index contributed by atoms with van der Waals surface area (Å²) in [4.78, 5) is 16.8. The van der Waals surface area contributed by atoms with Crippen LogP contribution in [-0.2, 0) is 11.3 Å². The topological polar surface area (TPSA) is 32.8 Å². The van der Waals surface area contributed by atoms with Gasteiger partial charge in [-0.05, 0) is 49.4 Å². The summed E-state index contributed by atoms with van der Waals surface area (Å²) in [7, 11) is 0. The molecule has 0 bridgehead atoms. The second kappa shape index (κ2) is 9.90. The van der Waals surface area contributed by atoms with E-state index in [0.29, 0.717) is 18.1 Å². The van der Waals surface area contributed by atoms with Gasteiger partial charge in [-0.2, -0.15) is 0 Å². The zero-order valence-electron chi connectivity index (χ0n) is 17.1. The first-order valence-electron chi connectivity index (χ1n) is 10.7. The van der Waals surface area contributed by atoms with Gasteiger partial charge in [0.05, 0.1) is 17.8 Å². The van der Waals surface area contributed by atoms with Crippen molar-refractivity contribution in [2.24, 2.45) is 0 Å². The maximum absolute atomic E-state index is 14.0. The number of benzene rings is 2. The zero-order valence-corrected chi connectivity index (χ0v) is 17.9. The highest BCUT2D eigenvalue weighted by Gasteiger charge is 2.28. The van der Waals surface area contributed by atoms with Crippen LogP contribution in [0.4, 0.5) is 4.39 Å². The summed E-state index contributed by atoms with van der Waals surface area (Å²) < 4.78 is 20.3. The maximum atomic E-state index is 14.0. The average molecular weight is 431 g/mol. The Bertz CT molecular complexity index is 848. The number of hydrogen-bond acceptors (Lipinski definition) is 3. The minimum absolute atomic E-state index is 0.0488. The van der Waals surface area contributed by atoms with E-state index in [1.807, 2.05) is 6.07 Å². The molecule has 30 heavy (non-hydrogen) atoms. The lowest BCUT2D eigenvalue weighted by molar-refractivity contribution is -0.0629. The highest BCUT2D eigenvalue weighted by atomic mass is 35.5. The van der Waals surface area contributed by atoms with E-state index in [0.717, 1.165) is 45.3 Å². The molecular formula is C24H28ClFN2O2. The van der Waals surface area contributed by atoms with E-state index in [-0.39, 0.29) is 23.7 Å². The van der Waals surface area contributed by atoms with Gasteiger partial charge < -0.3 is 9.64 Å². The van der Waals surface area contributed by atoms with Gasteiger partial charge in [0.1, 0.15) is 5.82 Å². The van der Waals surface area contributed by atoms with Crippen LogP contribution in [0.25, 0.3) is 0 Å². The Morgan fingerprint density at radius 1 is 0.967 bits per heavy atom. The maximum Gasteiger partial charge on any atom is 0.256 e.